The first kappa shape index (κ1) is 13.2. The number of ether oxygens (including phenoxy) is 1. The van der Waals surface area contributed by atoms with E-state index in [0.717, 1.165) is 29.9 Å². The number of hydrogen-bond donors (Lipinski definition) is 0. The molecule has 3 rings (SSSR count). The number of rotatable bonds is 2. The molecule has 1 aliphatic heterocycles. The summed E-state index contributed by atoms with van der Waals surface area (Å²) in [6.07, 6.45) is 1.15. The lowest BCUT2D eigenvalue weighted by molar-refractivity contribution is 0.108. The van der Waals surface area contributed by atoms with Crippen molar-refractivity contribution in [3.8, 4) is 0 Å². The molecule has 0 amide bonds. The molecule has 0 bridgehead atoms. The normalized spacial score (nSPS) is 25.1. The van der Waals surface area contributed by atoms with E-state index in [9.17, 15) is 0 Å². The Kier molecular flexibility index (Phi) is 3.46. The Morgan fingerprint density at radius 2 is 2.26 bits per heavy atom. The van der Waals surface area contributed by atoms with E-state index in [1.807, 2.05) is 25.1 Å². The van der Waals surface area contributed by atoms with Gasteiger partial charge in [-0.25, -0.2) is 4.98 Å². The van der Waals surface area contributed by atoms with Gasteiger partial charge >= 0.3 is 0 Å². The second-order valence-corrected chi connectivity index (χ2v) is 6.11. The Morgan fingerprint density at radius 3 is 2.89 bits per heavy atom. The molecular formula is C14H16Cl2N2O. The molecule has 3 unspecified atom stereocenters. The predicted molar refractivity (Wildman–Crippen MR) is 78.1 cm³/mol. The summed E-state index contributed by atoms with van der Waals surface area (Å²) in [7, 11) is 0. The maximum absolute atomic E-state index is 6.29. The van der Waals surface area contributed by atoms with E-state index in [1.54, 1.807) is 0 Å². The van der Waals surface area contributed by atoms with Crippen molar-refractivity contribution in [2.75, 3.05) is 6.61 Å². The molecule has 1 aromatic heterocycles. The zero-order chi connectivity index (χ0) is 13.6. The molecule has 2 heterocycles. The number of fused-ring (bicyclic) bond motifs is 1. The van der Waals surface area contributed by atoms with Gasteiger partial charge < -0.3 is 9.30 Å². The summed E-state index contributed by atoms with van der Waals surface area (Å²) in [5, 5.41) is 0.577. The van der Waals surface area contributed by atoms with Crippen molar-refractivity contribution < 1.29 is 4.74 Å². The molecule has 2 aromatic rings. The van der Waals surface area contributed by atoms with E-state index >= 15 is 0 Å². The Bertz CT molecular complexity index is 609. The molecule has 1 fully saturated rings. The molecule has 1 aliphatic rings. The summed E-state index contributed by atoms with van der Waals surface area (Å²) in [6.45, 7) is 4.82. The van der Waals surface area contributed by atoms with Gasteiger partial charge in [0.05, 0.1) is 28.6 Å². The van der Waals surface area contributed by atoms with Crippen molar-refractivity contribution in [3.05, 3.63) is 29.0 Å². The lowest BCUT2D eigenvalue weighted by Gasteiger charge is -2.20. The molecular weight excluding hydrogens is 283 g/mol. The molecule has 0 spiro atoms. The van der Waals surface area contributed by atoms with Gasteiger partial charge in [0.15, 0.2) is 0 Å². The lowest BCUT2D eigenvalue weighted by Crippen LogP contribution is -2.19. The van der Waals surface area contributed by atoms with E-state index in [-0.39, 0.29) is 17.5 Å². The molecule has 0 N–H and O–H groups in total. The summed E-state index contributed by atoms with van der Waals surface area (Å²) in [5.41, 5.74) is 1.98. The highest BCUT2D eigenvalue weighted by atomic mass is 35.5. The highest BCUT2D eigenvalue weighted by molar-refractivity contribution is 6.31. The van der Waals surface area contributed by atoms with Crippen LogP contribution < -0.4 is 0 Å². The smallest absolute Gasteiger partial charge is 0.128 e. The van der Waals surface area contributed by atoms with Gasteiger partial charge in [-0.1, -0.05) is 11.6 Å². The first-order chi connectivity index (χ1) is 9.08. The summed E-state index contributed by atoms with van der Waals surface area (Å²) in [5.74, 6) is 0.890. The molecule has 1 saturated heterocycles. The fourth-order valence-corrected chi connectivity index (χ4v) is 3.09. The third-order valence-electron chi connectivity index (χ3n) is 3.70. The van der Waals surface area contributed by atoms with Crippen molar-refractivity contribution in [1.82, 2.24) is 9.55 Å². The molecule has 5 heteroatoms. The summed E-state index contributed by atoms with van der Waals surface area (Å²) in [4.78, 5) is 4.65. The van der Waals surface area contributed by atoms with Gasteiger partial charge in [-0.05, 0) is 38.5 Å². The Balaban J connectivity index is 2.23. The standard InChI is InChI=1S/C14H16Cl2N2O/c1-8(15)14-17-11-4-3-10(16)7-13(11)18(14)12-5-6-19-9(12)2/h3-4,7-9,12H,5-6H2,1-2H3. The van der Waals surface area contributed by atoms with Crippen molar-refractivity contribution in [3.63, 3.8) is 0 Å². The minimum Gasteiger partial charge on any atom is -0.376 e. The maximum atomic E-state index is 6.29. The fourth-order valence-electron chi connectivity index (χ4n) is 2.77. The number of imidazole rings is 1. The van der Waals surface area contributed by atoms with Crippen LogP contribution in [0.25, 0.3) is 11.0 Å². The quantitative estimate of drug-likeness (QED) is 0.771. The monoisotopic (exact) mass is 298 g/mol. The van der Waals surface area contributed by atoms with Crippen LogP contribution in [0.2, 0.25) is 5.02 Å². The predicted octanol–water partition coefficient (Wildman–Crippen LogP) is 4.34. The van der Waals surface area contributed by atoms with Crippen LogP contribution in [-0.2, 0) is 4.74 Å². The SMILES string of the molecule is CC(Cl)c1nc2ccc(Cl)cc2n1C1CCOC1C. The van der Waals surface area contributed by atoms with Gasteiger partial charge in [0.1, 0.15) is 5.82 Å². The van der Waals surface area contributed by atoms with E-state index in [1.165, 1.54) is 0 Å². The van der Waals surface area contributed by atoms with E-state index in [2.05, 4.69) is 16.5 Å². The third kappa shape index (κ3) is 2.24. The fraction of sp³-hybridized carbons (Fsp3) is 0.500. The van der Waals surface area contributed by atoms with Crippen LogP contribution in [0.15, 0.2) is 18.2 Å². The van der Waals surface area contributed by atoms with Crippen molar-refractivity contribution >= 4 is 34.2 Å². The molecule has 0 aliphatic carbocycles. The third-order valence-corrected chi connectivity index (χ3v) is 4.13. The Hall–Kier alpha value is -0.770. The second kappa shape index (κ2) is 4.97. The molecule has 102 valence electrons. The van der Waals surface area contributed by atoms with Crippen molar-refractivity contribution in [2.24, 2.45) is 0 Å². The lowest BCUT2D eigenvalue weighted by atomic mass is 10.1. The molecule has 0 saturated carbocycles. The van der Waals surface area contributed by atoms with Crippen LogP contribution in [0.5, 0.6) is 0 Å². The molecule has 0 radical (unpaired) electrons. The average Bonchev–Trinajstić information content (AvgIpc) is 2.92. The topological polar surface area (TPSA) is 27.1 Å². The van der Waals surface area contributed by atoms with E-state index < -0.39 is 0 Å². The average molecular weight is 299 g/mol. The van der Waals surface area contributed by atoms with Crippen LogP contribution in [0.3, 0.4) is 0 Å². The van der Waals surface area contributed by atoms with Crippen LogP contribution >= 0.6 is 23.2 Å². The molecule has 3 nitrogen and oxygen atoms in total. The molecule has 3 atom stereocenters. The highest BCUT2D eigenvalue weighted by Gasteiger charge is 2.30. The van der Waals surface area contributed by atoms with Crippen LogP contribution in [0.4, 0.5) is 0 Å². The Labute approximate surface area is 122 Å². The summed E-state index contributed by atoms with van der Waals surface area (Å²) in [6, 6.07) is 6.04. The van der Waals surface area contributed by atoms with Crippen LogP contribution in [0, 0.1) is 0 Å². The van der Waals surface area contributed by atoms with Gasteiger partial charge in [0, 0.05) is 11.6 Å². The zero-order valence-electron chi connectivity index (χ0n) is 10.9. The van der Waals surface area contributed by atoms with Gasteiger partial charge in [-0.2, -0.15) is 0 Å². The first-order valence-electron chi connectivity index (χ1n) is 6.51. The largest absolute Gasteiger partial charge is 0.376 e. The number of hydrogen-bond acceptors (Lipinski definition) is 2. The van der Waals surface area contributed by atoms with Crippen molar-refractivity contribution in [2.45, 2.75) is 37.8 Å². The number of halogens is 2. The van der Waals surface area contributed by atoms with Gasteiger partial charge in [0.25, 0.3) is 0 Å². The molecule has 19 heavy (non-hydrogen) atoms. The second-order valence-electron chi connectivity index (χ2n) is 5.02. The van der Waals surface area contributed by atoms with E-state index in [0.29, 0.717) is 5.02 Å². The van der Waals surface area contributed by atoms with E-state index in [4.69, 9.17) is 27.9 Å². The zero-order valence-corrected chi connectivity index (χ0v) is 12.4. The number of aromatic nitrogens is 2. The van der Waals surface area contributed by atoms with Crippen LogP contribution in [-0.4, -0.2) is 22.3 Å². The summed E-state index contributed by atoms with van der Waals surface area (Å²) >= 11 is 12.4. The number of alkyl halides is 1. The minimum absolute atomic E-state index is 0.140. The molecule has 1 aromatic carbocycles. The maximum Gasteiger partial charge on any atom is 0.128 e. The first-order valence-corrected chi connectivity index (χ1v) is 7.32. The Morgan fingerprint density at radius 1 is 1.47 bits per heavy atom. The van der Waals surface area contributed by atoms with Crippen LogP contribution in [0.1, 0.15) is 37.5 Å². The highest BCUT2D eigenvalue weighted by Crippen LogP contribution is 2.35. The van der Waals surface area contributed by atoms with Gasteiger partial charge in [-0.3, -0.25) is 0 Å². The van der Waals surface area contributed by atoms with Gasteiger partial charge in [0.2, 0.25) is 0 Å². The summed E-state index contributed by atoms with van der Waals surface area (Å²) < 4.78 is 7.88. The number of benzene rings is 1. The van der Waals surface area contributed by atoms with Crippen molar-refractivity contribution in [1.29, 1.82) is 0 Å². The van der Waals surface area contributed by atoms with Gasteiger partial charge in [-0.15, -0.1) is 11.6 Å². The number of nitrogens with zero attached hydrogens (tertiary/aromatic N) is 2. The minimum atomic E-state index is -0.140.